The van der Waals surface area contributed by atoms with E-state index in [1.165, 1.54) is 6.07 Å². The van der Waals surface area contributed by atoms with Gasteiger partial charge in [-0.1, -0.05) is 23.7 Å². The van der Waals surface area contributed by atoms with Crippen LogP contribution in [0, 0.1) is 21.4 Å². The van der Waals surface area contributed by atoms with E-state index in [4.69, 9.17) is 16.9 Å². The Morgan fingerprint density at radius 2 is 2.14 bits per heavy atom. The van der Waals surface area contributed by atoms with E-state index in [0.717, 1.165) is 0 Å². The number of hydrogen-bond donors (Lipinski definition) is 1. The lowest BCUT2D eigenvalue weighted by Crippen LogP contribution is -2.03. The number of nitrogens with one attached hydrogen (secondary N) is 1. The molecule has 0 amide bonds. The second-order valence-corrected chi connectivity index (χ2v) is 5.39. The predicted molar refractivity (Wildman–Crippen MR) is 84.3 cm³/mol. The second-order valence-electron chi connectivity index (χ2n) is 4.16. The van der Waals surface area contributed by atoms with Crippen LogP contribution >= 0.6 is 27.5 Å². The van der Waals surface area contributed by atoms with Crippen molar-refractivity contribution in [2.45, 2.75) is 6.54 Å². The molecule has 0 saturated carbocycles. The minimum absolute atomic E-state index is 0.000834. The molecule has 0 bridgehead atoms. The third kappa shape index (κ3) is 3.51. The molecule has 5 nitrogen and oxygen atoms in total. The number of hydrogen-bond acceptors (Lipinski definition) is 4. The normalized spacial score (nSPS) is 9.95. The highest BCUT2D eigenvalue weighted by Gasteiger charge is 2.14. The minimum Gasteiger partial charge on any atom is -0.380 e. The van der Waals surface area contributed by atoms with Crippen LogP contribution in [0.25, 0.3) is 0 Å². The van der Waals surface area contributed by atoms with Crippen LogP contribution in [0.1, 0.15) is 11.1 Å². The summed E-state index contributed by atoms with van der Waals surface area (Å²) in [4.78, 5) is 10.4. The van der Waals surface area contributed by atoms with Crippen LogP contribution in [-0.2, 0) is 6.54 Å². The van der Waals surface area contributed by atoms with Gasteiger partial charge in [0.15, 0.2) is 0 Å². The zero-order chi connectivity index (χ0) is 15.4. The summed E-state index contributed by atoms with van der Waals surface area (Å²) in [6.07, 6.45) is 0. The molecule has 2 rings (SSSR count). The number of nitriles is 1. The molecule has 0 aromatic heterocycles. The Bertz CT molecular complexity index is 743. The van der Waals surface area contributed by atoms with Gasteiger partial charge in [0.05, 0.1) is 16.2 Å². The topological polar surface area (TPSA) is 79.0 Å². The highest BCUT2D eigenvalue weighted by molar-refractivity contribution is 9.10. The van der Waals surface area contributed by atoms with E-state index in [2.05, 4.69) is 27.3 Å². The molecule has 21 heavy (non-hydrogen) atoms. The number of nitro groups is 1. The van der Waals surface area contributed by atoms with E-state index in [0.29, 0.717) is 32.9 Å². The molecule has 0 aliphatic carbocycles. The van der Waals surface area contributed by atoms with Crippen molar-refractivity contribution in [1.29, 1.82) is 5.26 Å². The first kappa shape index (κ1) is 15.3. The molecule has 0 unspecified atom stereocenters. The molecular formula is C14H9BrClN3O2. The Hall–Kier alpha value is -2.10. The summed E-state index contributed by atoms with van der Waals surface area (Å²) in [7, 11) is 0. The van der Waals surface area contributed by atoms with Gasteiger partial charge in [-0.3, -0.25) is 10.1 Å². The summed E-state index contributed by atoms with van der Waals surface area (Å²) in [5, 5.41) is 23.5. The van der Waals surface area contributed by atoms with Gasteiger partial charge in [0.25, 0.3) is 5.69 Å². The summed E-state index contributed by atoms with van der Waals surface area (Å²) in [6.45, 7) is 0.331. The lowest BCUT2D eigenvalue weighted by atomic mass is 10.1. The molecule has 0 aliphatic rings. The maximum absolute atomic E-state index is 10.9. The molecule has 0 atom stereocenters. The maximum atomic E-state index is 10.9. The Balaban J connectivity index is 2.25. The van der Waals surface area contributed by atoms with E-state index in [1.807, 2.05) is 0 Å². The van der Waals surface area contributed by atoms with Crippen molar-refractivity contribution in [1.82, 2.24) is 0 Å². The highest BCUT2D eigenvalue weighted by atomic mass is 79.9. The molecule has 106 valence electrons. The fourth-order valence-electron chi connectivity index (χ4n) is 1.79. The van der Waals surface area contributed by atoms with Crippen LogP contribution in [-0.4, -0.2) is 4.92 Å². The highest BCUT2D eigenvalue weighted by Crippen LogP contribution is 2.29. The quantitative estimate of drug-likeness (QED) is 0.638. The van der Waals surface area contributed by atoms with Gasteiger partial charge in [-0.15, -0.1) is 0 Å². The number of rotatable bonds is 4. The molecule has 0 aliphatic heterocycles. The molecule has 0 fully saturated rings. The van der Waals surface area contributed by atoms with Gasteiger partial charge in [-0.2, -0.15) is 5.26 Å². The summed E-state index contributed by atoms with van der Waals surface area (Å²) in [5.41, 5.74) is 1.76. The van der Waals surface area contributed by atoms with Gasteiger partial charge in [0.2, 0.25) is 0 Å². The maximum Gasteiger partial charge on any atom is 0.283 e. The zero-order valence-corrected chi connectivity index (χ0v) is 13.0. The van der Waals surface area contributed by atoms with Gasteiger partial charge in [-0.05, 0) is 39.7 Å². The van der Waals surface area contributed by atoms with Crippen LogP contribution in [0.15, 0.2) is 40.9 Å². The van der Waals surface area contributed by atoms with Crippen molar-refractivity contribution in [2.24, 2.45) is 0 Å². The van der Waals surface area contributed by atoms with E-state index in [1.54, 1.807) is 30.3 Å². The average Bonchev–Trinajstić information content (AvgIpc) is 2.46. The first-order chi connectivity index (χ1) is 10.0. The first-order valence-corrected chi connectivity index (χ1v) is 7.05. The lowest BCUT2D eigenvalue weighted by molar-refractivity contribution is -0.385. The van der Waals surface area contributed by atoms with Crippen LogP contribution in [0.2, 0.25) is 5.02 Å². The molecular weight excluding hydrogens is 358 g/mol. The summed E-state index contributed by atoms with van der Waals surface area (Å²) in [6, 6.07) is 11.8. The average molecular weight is 367 g/mol. The molecule has 2 aromatic carbocycles. The van der Waals surface area contributed by atoms with Crippen LogP contribution in [0.5, 0.6) is 0 Å². The monoisotopic (exact) mass is 365 g/mol. The summed E-state index contributed by atoms with van der Waals surface area (Å²) >= 11 is 9.14. The Labute approximate surface area is 134 Å². The molecule has 2 aromatic rings. The lowest BCUT2D eigenvalue weighted by Gasteiger charge is -2.10. The predicted octanol–water partition coefficient (Wildman–Crippen LogP) is 4.49. The van der Waals surface area contributed by atoms with Crippen molar-refractivity contribution in [2.75, 3.05) is 5.32 Å². The van der Waals surface area contributed by atoms with E-state index < -0.39 is 4.92 Å². The molecule has 0 heterocycles. The number of anilines is 1. The number of nitrogens with zero attached hydrogens (tertiary/aromatic N) is 2. The van der Waals surface area contributed by atoms with Crippen molar-refractivity contribution in [3.8, 4) is 6.07 Å². The molecule has 0 saturated heterocycles. The van der Waals surface area contributed by atoms with Crippen molar-refractivity contribution in [3.63, 3.8) is 0 Å². The standard InChI is InChI=1S/C14H9BrClN3O2/c15-14-10(2-1-3-13(14)19(20)21)8-18-12-6-11(16)5-4-9(12)7-17/h1-6,18H,8H2. The Morgan fingerprint density at radius 1 is 1.38 bits per heavy atom. The van der Waals surface area contributed by atoms with E-state index in [-0.39, 0.29) is 5.69 Å². The van der Waals surface area contributed by atoms with Gasteiger partial charge in [0, 0.05) is 17.6 Å². The zero-order valence-electron chi connectivity index (χ0n) is 10.6. The van der Waals surface area contributed by atoms with Crippen LogP contribution in [0.3, 0.4) is 0 Å². The van der Waals surface area contributed by atoms with Crippen molar-refractivity contribution < 1.29 is 4.92 Å². The summed E-state index contributed by atoms with van der Waals surface area (Å²) in [5.74, 6) is 0. The Morgan fingerprint density at radius 3 is 2.81 bits per heavy atom. The van der Waals surface area contributed by atoms with Crippen molar-refractivity contribution in [3.05, 3.63) is 67.1 Å². The fourth-order valence-corrected chi connectivity index (χ4v) is 2.52. The van der Waals surface area contributed by atoms with Crippen LogP contribution in [0.4, 0.5) is 11.4 Å². The molecule has 1 N–H and O–H groups in total. The fraction of sp³-hybridized carbons (Fsp3) is 0.0714. The number of halogens is 2. The minimum atomic E-state index is -0.451. The third-order valence-electron chi connectivity index (χ3n) is 2.83. The molecule has 0 spiro atoms. The SMILES string of the molecule is N#Cc1ccc(Cl)cc1NCc1cccc([N+](=O)[O-])c1Br. The summed E-state index contributed by atoms with van der Waals surface area (Å²) < 4.78 is 0.419. The van der Waals surface area contributed by atoms with Crippen molar-refractivity contribution >= 4 is 38.9 Å². The van der Waals surface area contributed by atoms with Gasteiger partial charge in [-0.25, -0.2) is 0 Å². The number of nitro benzene ring substituents is 1. The van der Waals surface area contributed by atoms with E-state index in [9.17, 15) is 10.1 Å². The first-order valence-electron chi connectivity index (χ1n) is 5.88. The number of benzene rings is 2. The van der Waals surface area contributed by atoms with E-state index >= 15 is 0 Å². The molecule has 0 radical (unpaired) electrons. The van der Waals surface area contributed by atoms with Gasteiger partial charge in [0.1, 0.15) is 10.5 Å². The van der Waals surface area contributed by atoms with Crippen LogP contribution < -0.4 is 5.32 Å². The Kier molecular flexibility index (Phi) is 4.78. The van der Waals surface area contributed by atoms with Gasteiger partial charge >= 0.3 is 0 Å². The second kappa shape index (κ2) is 6.57. The largest absolute Gasteiger partial charge is 0.380 e. The smallest absolute Gasteiger partial charge is 0.283 e. The molecule has 7 heteroatoms. The third-order valence-corrected chi connectivity index (χ3v) is 3.98. The van der Waals surface area contributed by atoms with Gasteiger partial charge < -0.3 is 5.32 Å².